The van der Waals surface area contributed by atoms with Gasteiger partial charge in [-0.3, -0.25) is 43.5 Å². The van der Waals surface area contributed by atoms with E-state index in [4.69, 9.17) is 34.5 Å². The summed E-state index contributed by atoms with van der Waals surface area (Å²) in [5, 5.41) is 63.3. The number of methoxy groups -OCH3 is 4. The summed E-state index contributed by atoms with van der Waals surface area (Å²) in [6.45, 7) is 30.2. The molecule has 0 spiro atoms. The number of hydrogen-bond donors (Lipinski definition) is 7. The standard InChI is InChI=1S/C27H44O5.C25H42O4.C25H40O4.C24H40O4.C11H18N2.C6H5NO/c1-17(6-9-24(29)31-5)20-7-8-21-25-22(11-13-27(20,21)3)26(2)12-10-19(28)14-18(26)15-23(25)32-16-30-4;2*1-15(5-8-22(28)29-4)18-6-7-19-23-20(10-12-25(18,19)3)24(2)11-9-17(26)13-16(24)14-21(23)27;1-14(4-7-21(27)28)17-5-6-18-22-19(9-11-24(17,18)3)23(2)10-8-16(25)12-15(23)13-20(22)26;12-9-5-2-1-3-7-11-8-4-6-10-13-11;8-5-6-3-1-2-4-7-6/h17-18,20-23,25H,6-16H2,1-5H3;15-21,23,26-27H,5-14H2,1-4H3;15-16,18-21,23,27H,5-14H2,1-4H3;14-20,22,25-26H,4-13H2,1-3H3,(H,27,28);4,6,8,10H,1-3,5,7,9,12H2;1-5H/t17-,18+,20-,21?,22?,23-,25?,26+,27-;15-,16+,17-,18-,19?,20?,21-,23?,24+,25-;15-,16+,18-,19?,20?,21-,23?,24+,25-;14-,15+,16-,17-,18?,19?,20-,22?,23+,24-;;/m1111../s1. The molecule has 21 heteroatoms. The van der Waals surface area contributed by atoms with Crippen molar-refractivity contribution in [2.45, 2.75) is 409 Å². The summed E-state index contributed by atoms with van der Waals surface area (Å²) in [7, 11) is 6.13. The number of carboxylic acid groups (broad SMARTS) is 1. The van der Waals surface area contributed by atoms with Crippen LogP contribution in [0.1, 0.15) is 382 Å². The number of aryl methyl sites for hydroxylation is 1. The number of aromatic nitrogens is 2. The zero-order valence-electron chi connectivity index (χ0n) is 88.8. The molecule has 16 saturated carbocycles. The number of aldehydes is 1. The van der Waals surface area contributed by atoms with Gasteiger partial charge in [-0.05, 0) is 441 Å². The van der Waals surface area contributed by atoms with Crippen molar-refractivity contribution < 1.29 is 87.9 Å². The first-order valence-corrected chi connectivity index (χ1v) is 56.1. The maximum Gasteiger partial charge on any atom is 0.305 e. The number of carboxylic acids is 1. The minimum absolute atomic E-state index is 0.0913. The number of Topliss-reactive ketones (excluding diaryl/α,β-unsaturated/α-hetero) is 2. The predicted molar refractivity (Wildman–Crippen MR) is 542 cm³/mol. The SMILES string of the molecule is COC(=O)CC[C@@H](C)[C@H]1CCC2C3C(CC[C@@]21C)[C@@]1(C)CCC(=O)C[C@H]1C[C@H]3O.COC(=O)CC[C@@H](C)[C@H]1CCC2C3C(CC[C@@]21C)[C@@]1(C)CC[C@@H](O)C[C@H]1C[C@H]3O.COCO[C@@H]1C[C@@H]2CC(=O)CC[C@]2(C)C2CC[C@@]3(C)C(CC[C@@H]3[C@H](C)CCC(=O)OC)C21.C[C@H](CCC(=O)O)[C@H]1CCC2C3C(CC[C@@]21C)[C@@]1(C)CC[C@@H](O)C[C@H]1C[C@H]3O.NCCCCCCc1ccccn1.O=Cc1ccccn1. The lowest BCUT2D eigenvalue weighted by atomic mass is 9.43. The van der Waals surface area contributed by atoms with E-state index in [0.717, 1.165) is 148 Å². The van der Waals surface area contributed by atoms with Crippen LogP contribution in [0.3, 0.4) is 0 Å². The molecule has 0 aliphatic heterocycles. The molecule has 2 aromatic rings. The summed E-state index contributed by atoms with van der Waals surface area (Å²) in [4.78, 5) is 88.4. The Morgan fingerprint density at radius 1 is 0.410 bits per heavy atom. The van der Waals surface area contributed by atoms with E-state index < -0.39 is 5.97 Å². The predicted octanol–water partition coefficient (Wildman–Crippen LogP) is 22.3. The van der Waals surface area contributed by atoms with Crippen LogP contribution in [0.5, 0.6) is 0 Å². The van der Waals surface area contributed by atoms with Crippen LogP contribution in [-0.2, 0) is 58.9 Å². The van der Waals surface area contributed by atoms with Crippen LogP contribution < -0.4 is 5.73 Å². The number of ether oxygens (including phenoxy) is 5. The van der Waals surface area contributed by atoms with Crippen LogP contribution in [-0.4, -0.2) is 161 Å². The lowest BCUT2D eigenvalue weighted by Gasteiger charge is -2.62. The number of carbonyl (C=O) groups is 7. The minimum Gasteiger partial charge on any atom is -0.481 e. The van der Waals surface area contributed by atoms with Gasteiger partial charge in [-0.1, -0.05) is 108 Å². The van der Waals surface area contributed by atoms with Crippen LogP contribution in [0.4, 0.5) is 0 Å². The fourth-order valence-electron chi connectivity index (χ4n) is 36.9. The quantitative estimate of drug-likeness (QED) is 0.0151. The molecule has 16 fully saturated rings. The number of aliphatic carboxylic acids is 1. The smallest absolute Gasteiger partial charge is 0.305 e. The molecule has 38 atom stereocenters. The Labute approximate surface area is 836 Å². The van der Waals surface area contributed by atoms with Crippen LogP contribution in [0.2, 0.25) is 0 Å². The summed E-state index contributed by atoms with van der Waals surface area (Å²) in [5.74, 6) is 12.7. The van der Waals surface area contributed by atoms with E-state index in [1.165, 1.54) is 149 Å². The molecule has 0 amide bonds. The van der Waals surface area contributed by atoms with Crippen molar-refractivity contribution in [3.8, 4) is 0 Å². The fourth-order valence-corrected chi connectivity index (χ4v) is 36.9. The molecule has 0 aromatic carbocycles. The largest absolute Gasteiger partial charge is 0.481 e. The Morgan fingerprint density at radius 2 is 0.755 bits per heavy atom. The molecule has 0 bridgehead atoms. The highest BCUT2D eigenvalue weighted by Gasteiger charge is 2.69. The number of rotatable bonds is 26. The molecular formula is C118H189N3O18. The number of unbranched alkanes of at least 4 members (excludes halogenated alkanes) is 3. The van der Waals surface area contributed by atoms with Crippen LogP contribution >= 0.6 is 0 Å². The fraction of sp³-hybridized carbons (Fsp3) is 0.856. The van der Waals surface area contributed by atoms with E-state index in [-0.39, 0.29) is 93.4 Å². The Kier molecular flexibility index (Phi) is 38.2. The molecule has 0 radical (unpaired) electrons. The lowest BCUT2D eigenvalue weighted by molar-refractivity contribution is -0.201. The van der Waals surface area contributed by atoms with Crippen molar-refractivity contribution in [1.82, 2.24) is 9.97 Å². The number of ketones is 2. The van der Waals surface area contributed by atoms with Crippen molar-refractivity contribution in [1.29, 1.82) is 0 Å². The number of hydrogen-bond acceptors (Lipinski definition) is 20. The molecule has 2 aromatic heterocycles. The third-order valence-corrected chi connectivity index (χ3v) is 44.6. The first-order chi connectivity index (χ1) is 66.2. The summed E-state index contributed by atoms with van der Waals surface area (Å²) < 4.78 is 26.3. The Hall–Kier alpha value is -5.13. The number of nitrogens with two attached hydrogens (primary N) is 1. The Bertz CT molecular complexity index is 4310. The van der Waals surface area contributed by atoms with Gasteiger partial charge in [0.05, 0.1) is 58.0 Å². The zero-order valence-corrected chi connectivity index (χ0v) is 88.8. The third kappa shape index (κ3) is 23.7. The van der Waals surface area contributed by atoms with Gasteiger partial charge in [0.2, 0.25) is 0 Å². The van der Waals surface area contributed by atoms with E-state index in [1.807, 2.05) is 18.3 Å². The van der Waals surface area contributed by atoms with E-state index in [0.29, 0.717) is 203 Å². The van der Waals surface area contributed by atoms with Gasteiger partial charge >= 0.3 is 23.9 Å². The summed E-state index contributed by atoms with van der Waals surface area (Å²) >= 11 is 0. The highest BCUT2D eigenvalue weighted by Crippen LogP contribution is 2.74. The maximum absolute atomic E-state index is 12.3. The highest BCUT2D eigenvalue weighted by molar-refractivity contribution is 5.80. The normalized spacial score (nSPS) is 42.5. The number of aliphatic hydroxyl groups excluding tert-OH is 5. The van der Waals surface area contributed by atoms with Gasteiger partial charge in [0.1, 0.15) is 24.1 Å². The molecule has 139 heavy (non-hydrogen) atoms. The molecule has 2 heterocycles. The van der Waals surface area contributed by atoms with Gasteiger partial charge in [-0.25, -0.2) is 0 Å². The highest BCUT2D eigenvalue weighted by atomic mass is 16.7. The van der Waals surface area contributed by atoms with Crippen LogP contribution in [0.25, 0.3) is 0 Å². The molecule has 18 rings (SSSR count). The van der Waals surface area contributed by atoms with Gasteiger partial charge in [0, 0.05) is 76.6 Å². The van der Waals surface area contributed by atoms with Gasteiger partial charge in [-0.2, -0.15) is 0 Å². The van der Waals surface area contributed by atoms with Crippen molar-refractivity contribution in [3.63, 3.8) is 0 Å². The van der Waals surface area contributed by atoms with Gasteiger partial charge in [0.15, 0.2) is 6.29 Å². The summed E-state index contributed by atoms with van der Waals surface area (Å²) in [6.07, 6.45) is 48.6. The molecular weight excluding hydrogens is 1750 g/mol. The summed E-state index contributed by atoms with van der Waals surface area (Å²) in [5.41, 5.74) is 9.26. The second-order valence-electron chi connectivity index (χ2n) is 50.8. The van der Waals surface area contributed by atoms with E-state index >= 15 is 0 Å². The van der Waals surface area contributed by atoms with Gasteiger partial charge < -0.3 is 60.1 Å². The van der Waals surface area contributed by atoms with Crippen molar-refractivity contribution in [2.24, 2.45) is 191 Å². The first kappa shape index (κ1) is 111. The van der Waals surface area contributed by atoms with Crippen molar-refractivity contribution in [3.05, 3.63) is 60.2 Å². The van der Waals surface area contributed by atoms with E-state index in [1.54, 1.807) is 31.5 Å². The number of fused-ring (bicyclic) bond motifs is 20. The number of aliphatic hydroxyl groups is 5. The number of nitrogens with zero attached hydrogens (tertiary/aromatic N) is 2. The lowest BCUT2D eigenvalue weighted by Crippen LogP contribution is -2.59. The second-order valence-corrected chi connectivity index (χ2v) is 50.8. The molecule has 16 aliphatic rings. The second kappa shape index (κ2) is 47.8. The number of esters is 3. The van der Waals surface area contributed by atoms with Crippen LogP contribution in [0, 0.1) is 185 Å². The van der Waals surface area contributed by atoms with Crippen molar-refractivity contribution in [2.75, 3.05) is 41.8 Å². The topological polar surface area (TPSA) is 339 Å². The average molecular weight is 1940 g/mol. The molecule has 12 unspecified atom stereocenters. The number of carbonyl (C=O) groups excluding carboxylic acids is 6. The number of pyridine rings is 2. The molecule has 784 valence electrons. The third-order valence-electron chi connectivity index (χ3n) is 44.6. The Balaban J connectivity index is 0.000000146. The molecule has 16 aliphatic carbocycles. The monoisotopic (exact) mass is 1940 g/mol. The van der Waals surface area contributed by atoms with Gasteiger partial charge in [-0.15, -0.1) is 0 Å². The van der Waals surface area contributed by atoms with Crippen molar-refractivity contribution >= 4 is 41.7 Å². The van der Waals surface area contributed by atoms with Crippen LogP contribution in [0.15, 0.2) is 48.8 Å². The zero-order chi connectivity index (χ0) is 100. The van der Waals surface area contributed by atoms with E-state index in [9.17, 15) is 59.1 Å². The van der Waals surface area contributed by atoms with Gasteiger partial charge in [0.25, 0.3) is 0 Å². The first-order valence-electron chi connectivity index (χ1n) is 56.1. The minimum atomic E-state index is -0.684. The molecule has 0 saturated heterocycles. The van der Waals surface area contributed by atoms with E-state index in [2.05, 4.69) is 99.1 Å². The molecule has 8 N–H and O–H groups in total. The Morgan fingerprint density at radius 3 is 1.11 bits per heavy atom. The average Bonchev–Trinajstić information content (AvgIpc) is 1.66. The maximum atomic E-state index is 12.3. The summed E-state index contributed by atoms with van der Waals surface area (Å²) in [6, 6.07) is 11.3. The molecule has 21 nitrogen and oxygen atoms in total.